The zero-order valence-corrected chi connectivity index (χ0v) is 19.1. The third kappa shape index (κ3) is 4.40. The van der Waals surface area contributed by atoms with Gasteiger partial charge in [0.2, 0.25) is 11.8 Å². The summed E-state index contributed by atoms with van der Waals surface area (Å²) < 4.78 is 37.8. The van der Waals surface area contributed by atoms with Crippen molar-refractivity contribution < 1.29 is 17.6 Å². The van der Waals surface area contributed by atoms with E-state index in [1.54, 1.807) is 36.4 Å². The molecule has 8 heteroatoms. The molecule has 0 atom stereocenters. The van der Waals surface area contributed by atoms with E-state index in [1.807, 2.05) is 12.1 Å². The van der Waals surface area contributed by atoms with Crippen molar-refractivity contribution in [3.63, 3.8) is 0 Å². The minimum atomic E-state index is -0.584. The molecular weight excluding hydrogens is 478 g/mol. The quantitative estimate of drug-likeness (QED) is 0.304. The predicted octanol–water partition coefficient (Wildman–Crippen LogP) is 5.89. The van der Waals surface area contributed by atoms with Crippen LogP contribution in [0.1, 0.15) is 11.1 Å². The van der Waals surface area contributed by atoms with Crippen LogP contribution in [-0.2, 0) is 6.42 Å². The van der Waals surface area contributed by atoms with Gasteiger partial charge >= 0.3 is 11.3 Å². The number of hydrogen-bond donors (Lipinski definition) is 0. The van der Waals surface area contributed by atoms with Gasteiger partial charge in [0, 0.05) is 11.1 Å². The molecule has 0 aliphatic rings. The lowest BCUT2D eigenvalue weighted by atomic mass is 10.0. The number of benzene rings is 4. The fourth-order valence-electron chi connectivity index (χ4n) is 4.18. The minimum absolute atomic E-state index is 0.0381. The number of fused-ring (bicyclic) bond motifs is 2. The molecule has 37 heavy (non-hydrogen) atoms. The monoisotopic (exact) mass is 494 g/mol. The van der Waals surface area contributed by atoms with Gasteiger partial charge in [0.05, 0.1) is 21.8 Å². The van der Waals surface area contributed by atoms with Crippen molar-refractivity contribution in [3.05, 3.63) is 129 Å². The highest BCUT2D eigenvalue weighted by Gasteiger charge is 2.13. The summed E-state index contributed by atoms with van der Waals surface area (Å²) in [6.45, 7) is 0. The van der Waals surface area contributed by atoms with E-state index in [-0.39, 0.29) is 11.8 Å². The fourth-order valence-corrected chi connectivity index (χ4v) is 4.18. The average molecular weight is 494 g/mol. The van der Waals surface area contributed by atoms with Crippen LogP contribution in [0.2, 0.25) is 0 Å². The van der Waals surface area contributed by atoms with Crippen LogP contribution in [0.4, 0.5) is 8.78 Å². The number of hydrogen-bond acceptors (Lipinski definition) is 6. The molecule has 0 saturated carbocycles. The third-order valence-electron chi connectivity index (χ3n) is 5.94. The Bertz CT molecular complexity index is 1810. The zero-order chi connectivity index (χ0) is 25.5. The number of rotatable bonds is 4. The first-order chi connectivity index (χ1) is 17.9. The molecule has 0 fully saturated rings. The highest BCUT2D eigenvalue weighted by molar-refractivity contribution is 5.81. The standard InChI is InChI=1S/C29H16F2N2O4/c30-20-5-1-3-18(14-20)26-32-24-9-7-16(12-22(24)28(34)36-26)11-17-8-10-25-23(13-17)29(35)37-27(33-25)19-4-2-6-21(31)15-19/h1-10,12-15H,11H2. The molecule has 0 saturated heterocycles. The lowest BCUT2D eigenvalue weighted by Crippen LogP contribution is -2.05. The summed E-state index contributed by atoms with van der Waals surface area (Å²) in [7, 11) is 0. The smallest absolute Gasteiger partial charge is 0.347 e. The first-order valence-electron chi connectivity index (χ1n) is 11.3. The molecule has 6 rings (SSSR count). The second-order valence-electron chi connectivity index (χ2n) is 8.51. The van der Waals surface area contributed by atoms with E-state index in [2.05, 4.69) is 9.97 Å². The van der Waals surface area contributed by atoms with Crippen molar-refractivity contribution in [1.82, 2.24) is 9.97 Å². The lowest BCUT2D eigenvalue weighted by molar-refractivity contribution is 0.517. The van der Waals surface area contributed by atoms with E-state index in [0.29, 0.717) is 39.4 Å². The summed E-state index contributed by atoms with van der Waals surface area (Å²) in [6, 6.07) is 21.8. The van der Waals surface area contributed by atoms with Crippen molar-refractivity contribution in [2.45, 2.75) is 6.42 Å². The van der Waals surface area contributed by atoms with Gasteiger partial charge in [0.1, 0.15) is 11.6 Å². The number of halogens is 2. The van der Waals surface area contributed by atoms with Crippen molar-refractivity contribution in [2.75, 3.05) is 0 Å². The molecule has 4 aromatic carbocycles. The molecule has 0 radical (unpaired) electrons. The van der Waals surface area contributed by atoms with Gasteiger partial charge in [-0.15, -0.1) is 0 Å². The Balaban J connectivity index is 1.33. The molecule has 6 nitrogen and oxygen atoms in total. The van der Waals surface area contributed by atoms with Gasteiger partial charge in [-0.3, -0.25) is 0 Å². The maximum Gasteiger partial charge on any atom is 0.347 e. The van der Waals surface area contributed by atoms with Gasteiger partial charge in [-0.05, 0) is 78.2 Å². The van der Waals surface area contributed by atoms with Crippen LogP contribution < -0.4 is 11.3 Å². The Morgan fingerprint density at radius 3 is 1.49 bits per heavy atom. The Labute approximate surface area is 207 Å². The molecule has 0 bridgehead atoms. The number of aromatic nitrogens is 2. The topological polar surface area (TPSA) is 86.2 Å². The van der Waals surface area contributed by atoms with Gasteiger partial charge in [0.25, 0.3) is 0 Å². The Morgan fingerprint density at radius 1 is 0.595 bits per heavy atom. The van der Waals surface area contributed by atoms with Gasteiger partial charge in [-0.25, -0.2) is 28.3 Å². The summed E-state index contributed by atoms with van der Waals surface area (Å²) in [5.41, 5.74) is 2.01. The van der Waals surface area contributed by atoms with Gasteiger partial charge in [-0.1, -0.05) is 24.3 Å². The molecular formula is C29H16F2N2O4. The maximum absolute atomic E-state index is 13.6. The molecule has 180 valence electrons. The van der Waals surface area contributed by atoms with Gasteiger partial charge in [0.15, 0.2) is 0 Å². The summed E-state index contributed by atoms with van der Waals surface area (Å²) in [6.07, 6.45) is 0.419. The SMILES string of the molecule is O=c1oc(-c2cccc(F)c2)nc2ccc(Cc3ccc4nc(-c5cccc(F)c5)oc(=O)c4c3)cc12. The Morgan fingerprint density at radius 2 is 1.05 bits per heavy atom. The first kappa shape index (κ1) is 22.5. The molecule has 2 heterocycles. The second kappa shape index (κ2) is 8.91. The molecule has 0 aliphatic heterocycles. The highest BCUT2D eigenvalue weighted by atomic mass is 19.1. The van der Waals surface area contributed by atoms with Crippen LogP contribution in [0.25, 0.3) is 44.7 Å². The van der Waals surface area contributed by atoms with Crippen LogP contribution in [0, 0.1) is 11.6 Å². The lowest BCUT2D eigenvalue weighted by Gasteiger charge is -2.07. The predicted molar refractivity (Wildman–Crippen MR) is 134 cm³/mol. The van der Waals surface area contributed by atoms with Crippen LogP contribution in [0.15, 0.2) is 103 Å². The number of nitrogens with zero attached hydrogens (tertiary/aromatic N) is 2. The second-order valence-corrected chi connectivity index (χ2v) is 8.51. The summed E-state index contributed by atoms with van der Waals surface area (Å²) >= 11 is 0. The zero-order valence-electron chi connectivity index (χ0n) is 19.1. The summed E-state index contributed by atoms with van der Waals surface area (Å²) in [4.78, 5) is 34.1. The first-order valence-corrected chi connectivity index (χ1v) is 11.3. The van der Waals surface area contributed by atoms with E-state index in [9.17, 15) is 18.4 Å². The van der Waals surface area contributed by atoms with Gasteiger partial charge < -0.3 is 8.83 Å². The molecule has 0 unspecified atom stereocenters. The third-order valence-corrected chi connectivity index (χ3v) is 5.94. The molecule has 0 spiro atoms. The Hall–Kier alpha value is -4.98. The van der Waals surface area contributed by atoms with Crippen molar-refractivity contribution in [3.8, 4) is 22.9 Å². The maximum atomic E-state index is 13.6. The van der Waals surface area contributed by atoms with Crippen LogP contribution >= 0.6 is 0 Å². The Kier molecular flexibility index (Phi) is 5.41. The normalized spacial score (nSPS) is 11.3. The van der Waals surface area contributed by atoms with Crippen LogP contribution in [-0.4, -0.2) is 9.97 Å². The highest BCUT2D eigenvalue weighted by Crippen LogP contribution is 2.23. The minimum Gasteiger partial charge on any atom is -0.403 e. The van der Waals surface area contributed by atoms with Crippen molar-refractivity contribution in [1.29, 1.82) is 0 Å². The molecule has 0 aliphatic carbocycles. The van der Waals surface area contributed by atoms with E-state index < -0.39 is 22.9 Å². The van der Waals surface area contributed by atoms with Crippen molar-refractivity contribution >= 4 is 21.8 Å². The van der Waals surface area contributed by atoms with Crippen LogP contribution in [0.5, 0.6) is 0 Å². The summed E-state index contributed by atoms with van der Waals surface area (Å²) in [5.74, 6) is -0.836. The van der Waals surface area contributed by atoms with E-state index >= 15 is 0 Å². The van der Waals surface area contributed by atoms with Crippen LogP contribution in [0.3, 0.4) is 0 Å². The molecule has 6 aromatic rings. The largest absolute Gasteiger partial charge is 0.403 e. The summed E-state index contributed by atoms with van der Waals surface area (Å²) in [5, 5.41) is 0.582. The molecule has 0 N–H and O–H groups in total. The fraction of sp³-hybridized carbons (Fsp3) is 0.0345. The van der Waals surface area contributed by atoms with Gasteiger partial charge in [-0.2, -0.15) is 0 Å². The van der Waals surface area contributed by atoms with Crippen molar-refractivity contribution in [2.24, 2.45) is 0 Å². The average Bonchev–Trinajstić information content (AvgIpc) is 2.89. The van der Waals surface area contributed by atoms with E-state index in [0.717, 1.165) is 11.1 Å². The van der Waals surface area contributed by atoms with E-state index in [4.69, 9.17) is 8.83 Å². The molecule has 2 aromatic heterocycles. The van der Waals surface area contributed by atoms with E-state index in [1.165, 1.54) is 36.4 Å². The molecule has 0 amide bonds.